The van der Waals surface area contributed by atoms with Crippen molar-refractivity contribution in [3.05, 3.63) is 70.8 Å². The van der Waals surface area contributed by atoms with E-state index in [2.05, 4.69) is 10.6 Å². The van der Waals surface area contributed by atoms with Gasteiger partial charge in [0, 0.05) is 19.5 Å². The Labute approximate surface area is 225 Å². The lowest BCUT2D eigenvalue weighted by Gasteiger charge is -2.35. The van der Waals surface area contributed by atoms with Crippen LogP contribution in [0.15, 0.2) is 48.5 Å². The Balaban J connectivity index is 2.45. The highest BCUT2D eigenvalue weighted by Gasteiger charge is 2.36. The third-order valence-electron chi connectivity index (χ3n) is 5.98. The minimum Gasteiger partial charge on any atom is -0.444 e. The smallest absolute Gasteiger partial charge is 0.408 e. The fraction of sp³-hybridized carbons (Fsp3) is 0.448. The number of hydrogen-bond donors (Lipinski definition) is 3. The molecule has 0 aliphatic carbocycles. The molecule has 4 amide bonds. The number of primary amides is 1. The van der Waals surface area contributed by atoms with E-state index in [9.17, 15) is 19.2 Å². The number of carbonyl (C=O) groups excluding carboxylic acids is 4. The molecule has 9 nitrogen and oxygen atoms in total. The average Bonchev–Trinajstić information content (AvgIpc) is 2.83. The lowest BCUT2D eigenvalue weighted by atomic mass is 9.93. The molecule has 0 saturated heterocycles. The normalized spacial score (nSPS) is 12.7. The maximum absolute atomic E-state index is 13.9. The second-order valence-corrected chi connectivity index (χ2v) is 10.2. The van der Waals surface area contributed by atoms with Crippen LogP contribution in [-0.2, 0) is 25.7 Å². The van der Waals surface area contributed by atoms with E-state index in [1.807, 2.05) is 62.4 Å². The zero-order chi connectivity index (χ0) is 28.5. The monoisotopic (exact) mass is 524 g/mol. The first kappa shape index (κ1) is 30.3. The number of benzene rings is 2. The van der Waals surface area contributed by atoms with Crippen molar-refractivity contribution in [2.75, 3.05) is 6.54 Å². The summed E-state index contributed by atoms with van der Waals surface area (Å²) in [6.45, 7) is 11.1. The van der Waals surface area contributed by atoms with Gasteiger partial charge in [-0.05, 0) is 70.2 Å². The van der Waals surface area contributed by atoms with Crippen LogP contribution in [0.4, 0.5) is 4.79 Å². The number of hydrogen-bond acceptors (Lipinski definition) is 5. The molecule has 0 radical (unpaired) electrons. The van der Waals surface area contributed by atoms with Crippen molar-refractivity contribution in [3.63, 3.8) is 0 Å². The number of amides is 4. The Kier molecular flexibility index (Phi) is 10.9. The molecule has 0 bridgehead atoms. The third kappa shape index (κ3) is 8.90. The number of ether oxygens (including phenoxy) is 1. The van der Waals surface area contributed by atoms with Crippen LogP contribution >= 0.6 is 0 Å². The number of rotatable bonds is 11. The minimum absolute atomic E-state index is 0.0327. The van der Waals surface area contributed by atoms with Gasteiger partial charge in [-0.1, -0.05) is 48.5 Å². The molecule has 2 aromatic carbocycles. The number of nitrogens with zero attached hydrogens (tertiary/aromatic N) is 1. The van der Waals surface area contributed by atoms with Crippen LogP contribution in [0.2, 0.25) is 0 Å². The summed E-state index contributed by atoms with van der Waals surface area (Å²) in [5, 5.41) is 5.55. The predicted octanol–water partition coefficient (Wildman–Crippen LogP) is 3.67. The van der Waals surface area contributed by atoms with Crippen LogP contribution in [0.1, 0.15) is 68.8 Å². The van der Waals surface area contributed by atoms with Crippen LogP contribution in [-0.4, -0.2) is 46.9 Å². The topological polar surface area (TPSA) is 131 Å². The van der Waals surface area contributed by atoms with Crippen molar-refractivity contribution in [1.29, 1.82) is 0 Å². The van der Waals surface area contributed by atoms with Crippen molar-refractivity contribution >= 4 is 23.8 Å². The van der Waals surface area contributed by atoms with Crippen molar-refractivity contribution in [3.8, 4) is 0 Å². The molecule has 0 saturated carbocycles. The lowest BCUT2D eigenvalue weighted by molar-refractivity contribution is -0.142. The first-order chi connectivity index (χ1) is 17.8. The molecule has 0 fully saturated rings. The van der Waals surface area contributed by atoms with Crippen LogP contribution < -0.4 is 16.4 Å². The molecule has 0 aromatic heterocycles. The zero-order valence-corrected chi connectivity index (χ0v) is 23.2. The fourth-order valence-corrected chi connectivity index (χ4v) is 4.23. The molecular formula is C29H40N4O5. The molecule has 2 rings (SSSR count). The van der Waals surface area contributed by atoms with Gasteiger partial charge in [0.1, 0.15) is 17.7 Å². The summed E-state index contributed by atoms with van der Waals surface area (Å²) >= 11 is 0. The molecular weight excluding hydrogens is 484 g/mol. The molecule has 0 heterocycles. The summed E-state index contributed by atoms with van der Waals surface area (Å²) in [5.41, 5.74) is 7.89. The Morgan fingerprint density at radius 1 is 0.974 bits per heavy atom. The van der Waals surface area contributed by atoms with Crippen LogP contribution in [0.25, 0.3) is 0 Å². The second-order valence-electron chi connectivity index (χ2n) is 10.2. The number of carbonyl (C=O) groups is 4. The van der Waals surface area contributed by atoms with Crippen LogP contribution in [0, 0.1) is 13.8 Å². The number of nitrogens with two attached hydrogens (primary N) is 1. The van der Waals surface area contributed by atoms with Gasteiger partial charge in [-0.15, -0.1) is 0 Å². The Hall–Kier alpha value is -3.88. The van der Waals surface area contributed by atoms with Gasteiger partial charge in [-0.25, -0.2) is 4.79 Å². The van der Waals surface area contributed by atoms with Gasteiger partial charge < -0.3 is 26.0 Å². The highest BCUT2D eigenvalue weighted by atomic mass is 16.6. The average molecular weight is 525 g/mol. The van der Waals surface area contributed by atoms with Crippen LogP contribution in [0.3, 0.4) is 0 Å². The molecule has 2 aromatic rings. The number of likely N-dealkylation sites (N-methyl/N-ethyl adjacent to an activating group) is 1. The highest BCUT2D eigenvalue weighted by molar-refractivity contribution is 5.93. The Bertz CT molecular complexity index is 1110. The first-order valence-corrected chi connectivity index (χ1v) is 12.8. The molecule has 2 atom stereocenters. The maximum Gasteiger partial charge on any atom is 0.408 e. The molecule has 9 heteroatoms. The van der Waals surface area contributed by atoms with Gasteiger partial charge in [0.25, 0.3) is 0 Å². The molecule has 0 aliphatic heterocycles. The van der Waals surface area contributed by atoms with E-state index < -0.39 is 35.6 Å². The minimum atomic E-state index is -1.12. The summed E-state index contributed by atoms with van der Waals surface area (Å²) in [5.74, 6) is -1.47. The summed E-state index contributed by atoms with van der Waals surface area (Å²) in [6, 6.07) is 13.1. The quantitative estimate of drug-likeness (QED) is 0.413. The SMILES string of the molecule is CCN(C(=O)C(CCC(N)=O)NC(=O)OC(C)(C)C)C(C(=O)NCc1ccccc1)c1c(C)cccc1C. The third-order valence-corrected chi connectivity index (χ3v) is 5.98. The van der Waals surface area contributed by atoms with Gasteiger partial charge in [-0.3, -0.25) is 14.4 Å². The van der Waals surface area contributed by atoms with Crippen molar-refractivity contribution in [2.45, 2.75) is 78.6 Å². The van der Waals surface area contributed by atoms with Crippen LogP contribution in [0.5, 0.6) is 0 Å². The van der Waals surface area contributed by atoms with E-state index in [0.717, 1.165) is 16.7 Å². The standard InChI is InChI=1S/C29H40N4O5/c1-7-33(27(36)22(16-17-23(30)34)32-28(37)38-29(4,5)6)25(24-19(2)12-11-13-20(24)3)26(35)31-18-21-14-9-8-10-15-21/h8-15,22,25H,7,16-18H2,1-6H3,(H2,30,34)(H,31,35)(H,32,37). The van der Waals surface area contributed by atoms with E-state index in [4.69, 9.17) is 10.5 Å². The Morgan fingerprint density at radius 3 is 2.11 bits per heavy atom. The van der Waals surface area contributed by atoms with E-state index >= 15 is 0 Å². The van der Waals surface area contributed by atoms with E-state index in [1.165, 1.54) is 4.90 Å². The number of alkyl carbamates (subject to hydrolysis) is 1. The molecule has 4 N–H and O–H groups in total. The second kappa shape index (κ2) is 13.6. The summed E-state index contributed by atoms with van der Waals surface area (Å²) in [6.07, 6.45) is -0.957. The maximum atomic E-state index is 13.9. The number of nitrogens with one attached hydrogen (secondary N) is 2. The largest absolute Gasteiger partial charge is 0.444 e. The van der Waals surface area contributed by atoms with Gasteiger partial charge in [0.15, 0.2) is 0 Å². The summed E-state index contributed by atoms with van der Waals surface area (Å²) in [7, 11) is 0. The van der Waals surface area contributed by atoms with Gasteiger partial charge in [0.05, 0.1) is 0 Å². The lowest BCUT2D eigenvalue weighted by Crippen LogP contribution is -2.53. The molecule has 0 spiro atoms. The van der Waals surface area contributed by atoms with E-state index in [0.29, 0.717) is 5.56 Å². The van der Waals surface area contributed by atoms with E-state index in [-0.39, 0.29) is 31.8 Å². The zero-order valence-electron chi connectivity index (χ0n) is 23.2. The molecule has 2 unspecified atom stereocenters. The molecule has 0 aliphatic rings. The van der Waals surface area contributed by atoms with Gasteiger partial charge in [-0.2, -0.15) is 0 Å². The highest BCUT2D eigenvalue weighted by Crippen LogP contribution is 2.29. The summed E-state index contributed by atoms with van der Waals surface area (Å²) < 4.78 is 5.34. The van der Waals surface area contributed by atoms with Crippen molar-refractivity contribution in [2.24, 2.45) is 5.73 Å². The molecule has 38 heavy (non-hydrogen) atoms. The van der Waals surface area contributed by atoms with Gasteiger partial charge >= 0.3 is 6.09 Å². The molecule has 206 valence electrons. The fourth-order valence-electron chi connectivity index (χ4n) is 4.23. The van der Waals surface area contributed by atoms with Gasteiger partial charge in [0.2, 0.25) is 17.7 Å². The number of aryl methyl sites for hydroxylation is 2. The first-order valence-electron chi connectivity index (χ1n) is 12.8. The van der Waals surface area contributed by atoms with Crippen molar-refractivity contribution < 1.29 is 23.9 Å². The van der Waals surface area contributed by atoms with E-state index in [1.54, 1.807) is 27.7 Å². The summed E-state index contributed by atoms with van der Waals surface area (Å²) in [4.78, 5) is 53.2. The Morgan fingerprint density at radius 2 is 1.58 bits per heavy atom. The van der Waals surface area contributed by atoms with Crippen molar-refractivity contribution in [1.82, 2.24) is 15.5 Å². The predicted molar refractivity (Wildman–Crippen MR) is 146 cm³/mol.